The molecular formula is C20H26N2O4S. The fourth-order valence-corrected chi connectivity index (χ4v) is 3.59. The second kappa shape index (κ2) is 9.53. The molecule has 27 heavy (non-hydrogen) atoms. The molecule has 2 rings (SSSR count). The van der Waals surface area contributed by atoms with Crippen molar-refractivity contribution in [3.05, 3.63) is 59.2 Å². The summed E-state index contributed by atoms with van der Waals surface area (Å²) in [4.78, 5) is 12.2. The summed E-state index contributed by atoms with van der Waals surface area (Å²) in [7, 11) is -3.52. The number of carbonyl (C=O) groups excluding carboxylic acids is 1. The summed E-state index contributed by atoms with van der Waals surface area (Å²) >= 11 is 0. The Kier molecular flexibility index (Phi) is 7.38. The highest BCUT2D eigenvalue weighted by Crippen LogP contribution is 2.21. The maximum atomic E-state index is 12.1. The normalized spacial score (nSPS) is 11.2. The summed E-state index contributed by atoms with van der Waals surface area (Å²) in [6.07, 6.45) is 0.719. The Morgan fingerprint density at radius 1 is 1.07 bits per heavy atom. The molecule has 0 heterocycles. The van der Waals surface area contributed by atoms with Crippen LogP contribution in [0, 0.1) is 13.8 Å². The molecule has 0 aliphatic rings. The lowest BCUT2D eigenvalue weighted by Crippen LogP contribution is -2.28. The first-order chi connectivity index (χ1) is 12.8. The van der Waals surface area contributed by atoms with Gasteiger partial charge in [0.1, 0.15) is 5.75 Å². The summed E-state index contributed by atoms with van der Waals surface area (Å²) in [6, 6.07) is 12.5. The van der Waals surface area contributed by atoms with Gasteiger partial charge in [-0.2, -0.15) is 0 Å². The predicted molar refractivity (Wildman–Crippen MR) is 105 cm³/mol. The van der Waals surface area contributed by atoms with Crippen molar-refractivity contribution in [3.8, 4) is 5.75 Å². The minimum Gasteiger partial charge on any atom is -0.484 e. The van der Waals surface area contributed by atoms with Crippen LogP contribution in [-0.2, 0) is 21.4 Å². The van der Waals surface area contributed by atoms with Gasteiger partial charge >= 0.3 is 0 Å². The van der Waals surface area contributed by atoms with Crippen LogP contribution in [0.25, 0.3) is 0 Å². The topological polar surface area (TPSA) is 84.5 Å². The molecule has 2 N–H and O–H groups in total. The SMILES string of the molecule is CCCNS(=O)(=O)c1ccc(OCC(=O)NCc2ccc(C)cc2)c(C)c1. The third-order valence-electron chi connectivity index (χ3n) is 3.97. The number of nitrogens with one attached hydrogen (secondary N) is 2. The molecule has 0 fully saturated rings. The van der Waals surface area contributed by atoms with Crippen molar-refractivity contribution in [2.24, 2.45) is 0 Å². The molecule has 0 aliphatic carbocycles. The van der Waals surface area contributed by atoms with E-state index in [0.717, 1.165) is 12.0 Å². The molecule has 0 spiro atoms. The zero-order valence-corrected chi connectivity index (χ0v) is 16.7. The van der Waals surface area contributed by atoms with Gasteiger partial charge in [0.2, 0.25) is 10.0 Å². The molecule has 0 aliphatic heterocycles. The van der Waals surface area contributed by atoms with Gasteiger partial charge in [-0.25, -0.2) is 13.1 Å². The highest BCUT2D eigenvalue weighted by molar-refractivity contribution is 7.89. The average Bonchev–Trinajstić information content (AvgIpc) is 2.65. The van der Waals surface area contributed by atoms with Crippen LogP contribution in [0.3, 0.4) is 0 Å². The van der Waals surface area contributed by atoms with Gasteiger partial charge in [0.25, 0.3) is 5.91 Å². The summed E-state index contributed by atoms with van der Waals surface area (Å²) < 4.78 is 32.3. The minimum atomic E-state index is -3.52. The van der Waals surface area contributed by atoms with Gasteiger partial charge in [-0.15, -0.1) is 0 Å². The predicted octanol–water partition coefficient (Wildman–Crippen LogP) is 2.69. The summed E-state index contributed by atoms with van der Waals surface area (Å²) in [5, 5.41) is 2.80. The van der Waals surface area contributed by atoms with Gasteiger partial charge in [-0.05, 0) is 49.6 Å². The fourth-order valence-electron chi connectivity index (χ4n) is 2.37. The van der Waals surface area contributed by atoms with Crippen molar-refractivity contribution in [1.82, 2.24) is 10.0 Å². The third-order valence-corrected chi connectivity index (χ3v) is 5.43. The quantitative estimate of drug-likeness (QED) is 0.689. The molecule has 6 nitrogen and oxygen atoms in total. The van der Waals surface area contributed by atoms with Crippen molar-refractivity contribution in [3.63, 3.8) is 0 Å². The van der Waals surface area contributed by atoms with E-state index in [0.29, 0.717) is 24.4 Å². The first kappa shape index (κ1) is 20.9. The van der Waals surface area contributed by atoms with E-state index in [1.165, 1.54) is 17.7 Å². The second-order valence-corrected chi connectivity index (χ2v) is 8.14. The second-order valence-electron chi connectivity index (χ2n) is 6.38. The van der Waals surface area contributed by atoms with Gasteiger partial charge in [0, 0.05) is 13.1 Å². The zero-order valence-electron chi connectivity index (χ0n) is 15.9. The summed E-state index contributed by atoms with van der Waals surface area (Å²) in [5.41, 5.74) is 2.83. The molecule has 2 aromatic carbocycles. The number of hydrogen-bond acceptors (Lipinski definition) is 4. The molecule has 0 radical (unpaired) electrons. The van der Waals surface area contributed by atoms with Gasteiger partial charge < -0.3 is 10.1 Å². The maximum absolute atomic E-state index is 12.1. The van der Waals surface area contributed by atoms with E-state index in [4.69, 9.17) is 4.74 Å². The molecule has 0 aromatic heterocycles. The molecule has 0 bridgehead atoms. The van der Waals surface area contributed by atoms with Crippen molar-refractivity contribution in [2.75, 3.05) is 13.2 Å². The van der Waals surface area contributed by atoms with E-state index in [1.807, 2.05) is 38.1 Å². The smallest absolute Gasteiger partial charge is 0.258 e. The van der Waals surface area contributed by atoms with Crippen LogP contribution in [0.2, 0.25) is 0 Å². The molecule has 7 heteroatoms. The number of carbonyl (C=O) groups is 1. The van der Waals surface area contributed by atoms with E-state index in [-0.39, 0.29) is 17.4 Å². The summed E-state index contributed by atoms with van der Waals surface area (Å²) in [5.74, 6) is 0.242. The molecule has 0 atom stereocenters. The Morgan fingerprint density at radius 3 is 2.41 bits per heavy atom. The molecule has 0 saturated carbocycles. The van der Waals surface area contributed by atoms with Gasteiger partial charge in [-0.3, -0.25) is 4.79 Å². The number of benzene rings is 2. The van der Waals surface area contributed by atoms with E-state index in [2.05, 4.69) is 10.0 Å². The molecule has 0 saturated heterocycles. The van der Waals surface area contributed by atoms with Gasteiger partial charge in [-0.1, -0.05) is 36.8 Å². The van der Waals surface area contributed by atoms with Crippen LogP contribution < -0.4 is 14.8 Å². The third kappa shape index (κ3) is 6.37. The van der Waals surface area contributed by atoms with Crippen LogP contribution in [-0.4, -0.2) is 27.5 Å². The van der Waals surface area contributed by atoms with Gasteiger partial charge in [0.05, 0.1) is 4.90 Å². The van der Waals surface area contributed by atoms with Gasteiger partial charge in [0.15, 0.2) is 6.61 Å². The number of hydrogen-bond donors (Lipinski definition) is 2. The largest absolute Gasteiger partial charge is 0.484 e. The molecule has 1 amide bonds. The van der Waals surface area contributed by atoms with Crippen molar-refractivity contribution in [1.29, 1.82) is 0 Å². The van der Waals surface area contributed by atoms with Crippen molar-refractivity contribution < 1.29 is 17.9 Å². The molecule has 0 unspecified atom stereocenters. The van der Waals surface area contributed by atoms with Crippen LogP contribution in [0.1, 0.15) is 30.0 Å². The highest BCUT2D eigenvalue weighted by atomic mass is 32.2. The number of sulfonamides is 1. The lowest BCUT2D eigenvalue weighted by atomic mass is 10.1. The Balaban J connectivity index is 1.89. The van der Waals surface area contributed by atoms with Crippen LogP contribution >= 0.6 is 0 Å². The van der Waals surface area contributed by atoms with Crippen LogP contribution in [0.5, 0.6) is 5.75 Å². The first-order valence-corrected chi connectivity index (χ1v) is 10.4. The van der Waals surface area contributed by atoms with E-state index in [1.54, 1.807) is 13.0 Å². The lowest BCUT2D eigenvalue weighted by molar-refractivity contribution is -0.123. The number of rotatable bonds is 9. The zero-order chi connectivity index (χ0) is 19.9. The Hall–Kier alpha value is -2.38. The van der Waals surface area contributed by atoms with E-state index >= 15 is 0 Å². The Labute approximate surface area is 161 Å². The van der Waals surface area contributed by atoms with Crippen molar-refractivity contribution in [2.45, 2.75) is 38.6 Å². The molecular weight excluding hydrogens is 364 g/mol. The van der Waals surface area contributed by atoms with Crippen LogP contribution in [0.4, 0.5) is 0 Å². The fraction of sp³-hybridized carbons (Fsp3) is 0.350. The monoisotopic (exact) mass is 390 g/mol. The molecule has 2 aromatic rings. The lowest BCUT2D eigenvalue weighted by Gasteiger charge is -2.12. The maximum Gasteiger partial charge on any atom is 0.258 e. The number of ether oxygens (including phenoxy) is 1. The highest BCUT2D eigenvalue weighted by Gasteiger charge is 2.15. The minimum absolute atomic E-state index is 0.132. The number of amides is 1. The van der Waals surface area contributed by atoms with E-state index in [9.17, 15) is 13.2 Å². The Bertz CT molecular complexity index is 877. The Morgan fingerprint density at radius 2 is 1.78 bits per heavy atom. The number of aryl methyl sites for hydroxylation is 2. The first-order valence-electron chi connectivity index (χ1n) is 8.87. The van der Waals surface area contributed by atoms with Crippen molar-refractivity contribution >= 4 is 15.9 Å². The van der Waals surface area contributed by atoms with E-state index < -0.39 is 10.0 Å². The standard InChI is InChI=1S/C20H26N2O4S/c1-4-11-22-27(24,25)18-9-10-19(16(3)12-18)26-14-20(23)21-13-17-7-5-15(2)6-8-17/h5-10,12,22H,4,11,13-14H2,1-3H3,(H,21,23). The average molecular weight is 391 g/mol. The van der Waals surface area contributed by atoms with Crippen LogP contribution in [0.15, 0.2) is 47.4 Å². The summed E-state index contributed by atoms with van der Waals surface area (Å²) in [6.45, 7) is 6.34. The molecule has 146 valence electrons.